The summed E-state index contributed by atoms with van der Waals surface area (Å²) in [5.41, 5.74) is 3.56. The number of aromatic amines is 1. The van der Waals surface area contributed by atoms with E-state index in [-0.39, 0.29) is 0 Å². The first-order chi connectivity index (χ1) is 9.29. The first-order valence-electron chi connectivity index (χ1n) is 5.99. The van der Waals surface area contributed by atoms with Gasteiger partial charge in [-0.1, -0.05) is 11.6 Å². The molecule has 1 N–H and O–H groups in total. The molecule has 3 rings (SSSR count). The standard InChI is InChI=1S/C14H12ClN3O/c1-2-19-13-4-3-9(15)5-10(13)11-6-16-7-12-14(11)18-8-17-12/h3-8H,2H2,1H3,(H,17,18). The molecule has 0 atom stereocenters. The van der Waals surface area contributed by atoms with Crippen molar-refractivity contribution in [3.05, 3.63) is 41.9 Å². The van der Waals surface area contributed by atoms with Gasteiger partial charge in [-0.25, -0.2) is 4.98 Å². The number of benzene rings is 1. The number of halogens is 1. The summed E-state index contributed by atoms with van der Waals surface area (Å²) in [5, 5.41) is 0.658. The van der Waals surface area contributed by atoms with Gasteiger partial charge in [0.1, 0.15) is 5.75 Å². The highest BCUT2D eigenvalue weighted by Gasteiger charge is 2.12. The Hall–Kier alpha value is -2.07. The molecule has 3 aromatic rings. The zero-order valence-corrected chi connectivity index (χ0v) is 11.1. The second-order valence-electron chi connectivity index (χ2n) is 4.06. The molecule has 0 spiro atoms. The van der Waals surface area contributed by atoms with Crippen LogP contribution in [0.4, 0.5) is 0 Å². The topological polar surface area (TPSA) is 50.8 Å². The van der Waals surface area contributed by atoms with Crippen LogP contribution in [0.2, 0.25) is 5.02 Å². The zero-order valence-electron chi connectivity index (χ0n) is 10.4. The van der Waals surface area contributed by atoms with Crippen molar-refractivity contribution in [2.24, 2.45) is 0 Å². The Kier molecular flexibility index (Phi) is 3.09. The van der Waals surface area contributed by atoms with Crippen LogP contribution >= 0.6 is 11.6 Å². The van der Waals surface area contributed by atoms with Crippen LogP contribution < -0.4 is 4.74 Å². The lowest BCUT2D eigenvalue weighted by atomic mass is 10.1. The first-order valence-corrected chi connectivity index (χ1v) is 6.37. The Morgan fingerprint density at radius 3 is 3.00 bits per heavy atom. The normalized spacial score (nSPS) is 10.8. The smallest absolute Gasteiger partial charge is 0.127 e. The molecule has 0 bridgehead atoms. The average Bonchev–Trinajstić information content (AvgIpc) is 2.89. The summed E-state index contributed by atoms with van der Waals surface area (Å²) in [5.74, 6) is 0.782. The second-order valence-corrected chi connectivity index (χ2v) is 4.50. The van der Waals surface area contributed by atoms with Crippen molar-refractivity contribution in [3.8, 4) is 16.9 Å². The number of H-pyrrole nitrogens is 1. The van der Waals surface area contributed by atoms with E-state index in [1.807, 2.05) is 25.1 Å². The van der Waals surface area contributed by atoms with Crippen LogP contribution in [0.15, 0.2) is 36.9 Å². The van der Waals surface area contributed by atoms with Gasteiger partial charge < -0.3 is 9.72 Å². The van der Waals surface area contributed by atoms with E-state index in [0.717, 1.165) is 27.9 Å². The Balaban J connectivity index is 2.25. The lowest BCUT2D eigenvalue weighted by molar-refractivity contribution is 0.341. The minimum absolute atomic E-state index is 0.596. The Bertz CT molecular complexity index is 724. The number of ether oxygens (including phenoxy) is 1. The minimum atomic E-state index is 0.596. The number of fused-ring (bicyclic) bond motifs is 1. The van der Waals surface area contributed by atoms with Crippen LogP contribution in [0.5, 0.6) is 5.75 Å². The van der Waals surface area contributed by atoms with Gasteiger partial charge in [-0.05, 0) is 25.1 Å². The average molecular weight is 274 g/mol. The Labute approximate surface area is 115 Å². The Morgan fingerprint density at radius 2 is 2.16 bits per heavy atom. The molecule has 0 unspecified atom stereocenters. The maximum absolute atomic E-state index is 6.09. The van der Waals surface area contributed by atoms with Crippen molar-refractivity contribution < 1.29 is 4.74 Å². The van der Waals surface area contributed by atoms with Crippen LogP contribution in [-0.4, -0.2) is 21.6 Å². The SMILES string of the molecule is CCOc1ccc(Cl)cc1-c1cncc2[nH]cnc12. The maximum atomic E-state index is 6.09. The van der Waals surface area contributed by atoms with E-state index in [9.17, 15) is 0 Å². The van der Waals surface area contributed by atoms with Crippen LogP contribution in [-0.2, 0) is 0 Å². The predicted octanol–water partition coefficient (Wildman–Crippen LogP) is 3.68. The van der Waals surface area contributed by atoms with Gasteiger partial charge in [0.15, 0.2) is 0 Å². The van der Waals surface area contributed by atoms with Crippen molar-refractivity contribution >= 4 is 22.6 Å². The number of aromatic nitrogens is 3. The summed E-state index contributed by atoms with van der Waals surface area (Å²) in [6.07, 6.45) is 5.18. The second kappa shape index (κ2) is 4.90. The molecule has 5 heteroatoms. The van der Waals surface area contributed by atoms with Crippen molar-refractivity contribution in [2.75, 3.05) is 6.61 Å². The van der Waals surface area contributed by atoms with Gasteiger partial charge in [0.05, 0.1) is 30.2 Å². The van der Waals surface area contributed by atoms with E-state index in [0.29, 0.717) is 11.6 Å². The summed E-state index contributed by atoms with van der Waals surface area (Å²) in [6, 6.07) is 5.55. The van der Waals surface area contributed by atoms with E-state index in [1.165, 1.54) is 0 Å². The molecule has 96 valence electrons. The van der Waals surface area contributed by atoms with E-state index in [2.05, 4.69) is 15.0 Å². The van der Waals surface area contributed by atoms with Gasteiger partial charge in [0.2, 0.25) is 0 Å². The minimum Gasteiger partial charge on any atom is -0.493 e. The van der Waals surface area contributed by atoms with Gasteiger partial charge >= 0.3 is 0 Å². The molecule has 2 heterocycles. The molecule has 0 radical (unpaired) electrons. The van der Waals surface area contributed by atoms with Crippen LogP contribution in [0, 0.1) is 0 Å². The molecule has 2 aromatic heterocycles. The molecule has 19 heavy (non-hydrogen) atoms. The molecule has 0 saturated carbocycles. The number of hydrogen-bond acceptors (Lipinski definition) is 3. The maximum Gasteiger partial charge on any atom is 0.127 e. The number of pyridine rings is 1. The van der Waals surface area contributed by atoms with Crippen molar-refractivity contribution in [1.29, 1.82) is 0 Å². The van der Waals surface area contributed by atoms with Crippen LogP contribution in [0.3, 0.4) is 0 Å². The van der Waals surface area contributed by atoms with Gasteiger partial charge in [-0.3, -0.25) is 4.98 Å². The van der Waals surface area contributed by atoms with E-state index in [1.54, 1.807) is 18.7 Å². The molecule has 1 aromatic carbocycles. The highest BCUT2D eigenvalue weighted by atomic mass is 35.5. The first kappa shape index (κ1) is 12.0. The van der Waals surface area contributed by atoms with E-state index in [4.69, 9.17) is 16.3 Å². The Morgan fingerprint density at radius 1 is 1.26 bits per heavy atom. The third-order valence-corrected chi connectivity index (χ3v) is 3.10. The number of nitrogens with one attached hydrogen (secondary N) is 1. The summed E-state index contributed by atoms with van der Waals surface area (Å²) >= 11 is 6.09. The molecular formula is C14H12ClN3O. The summed E-state index contributed by atoms with van der Waals surface area (Å²) in [6.45, 7) is 2.55. The number of hydrogen-bond donors (Lipinski definition) is 1. The molecule has 0 aliphatic rings. The number of imidazole rings is 1. The van der Waals surface area contributed by atoms with Gasteiger partial charge in [-0.15, -0.1) is 0 Å². The van der Waals surface area contributed by atoms with Gasteiger partial charge in [-0.2, -0.15) is 0 Å². The molecule has 0 saturated heterocycles. The fourth-order valence-electron chi connectivity index (χ4n) is 2.06. The van der Waals surface area contributed by atoms with Gasteiger partial charge in [0, 0.05) is 22.3 Å². The van der Waals surface area contributed by atoms with E-state index < -0.39 is 0 Å². The predicted molar refractivity (Wildman–Crippen MR) is 75.5 cm³/mol. The highest BCUT2D eigenvalue weighted by Crippen LogP contribution is 2.35. The molecule has 4 nitrogen and oxygen atoms in total. The van der Waals surface area contributed by atoms with Crippen molar-refractivity contribution in [3.63, 3.8) is 0 Å². The summed E-state index contributed by atoms with van der Waals surface area (Å²) in [4.78, 5) is 11.6. The van der Waals surface area contributed by atoms with Crippen molar-refractivity contribution in [1.82, 2.24) is 15.0 Å². The molecule has 0 fully saturated rings. The molecule has 0 aliphatic heterocycles. The van der Waals surface area contributed by atoms with E-state index >= 15 is 0 Å². The third-order valence-electron chi connectivity index (χ3n) is 2.86. The number of nitrogens with zero attached hydrogens (tertiary/aromatic N) is 2. The summed E-state index contributed by atoms with van der Waals surface area (Å²) in [7, 11) is 0. The lowest BCUT2D eigenvalue weighted by Crippen LogP contribution is -1.95. The largest absolute Gasteiger partial charge is 0.493 e. The zero-order chi connectivity index (χ0) is 13.2. The fraction of sp³-hybridized carbons (Fsp3) is 0.143. The van der Waals surface area contributed by atoms with Crippen LogP contribution in [0.25, 0.3) is 22.2 Å². The monoisotopic (exact) mass is 273 g/mol. The lowest BCUT2D eigenvalue weighted by Gasteiger charge is -2.10. The summed E-state index contributed by atoms with van der Waals surface area (Å²) < 4.78 is 5.65. The van der Waals surface area contributed by atoms with Crippen LogP contribution in [0.1, 0.15) is 6.92 Å². The molecule has 0 amide bonds. The van der Waals surface area contributed by atoms with Crippen molar-refractivity contribution in [2.45, 2.75) is 6.92 Å². The highest BCUT2D eigenvalue weighted by molar-refractivity contribution is 6.31. The van der Waals surface area contributed by atoms with Gasteiger partial charge in [0.25, 0.3) is 0 Å². The molecular weight excluding hydrogens is 262 g/mol. The fourth-order valence-corrected chi connectivity index (χ4v) is 2.23. The third kappa shape index (κ3) is 2.15. The molecule has 0 aliphatic carbocycles. The quantitative estimate of drug-likeness (QED) is 0.792. The number of rotatable bonds is 3.